The van der Waals surface area contributed by atoms with Gasteiger partial charge < -0.3 is 0 Å². The molecule has 0 bridgehead atoms. The van der Waals surface area contributed by atoms with Gasteiger partial charge in [-0.2, -0.15) is 0 Å². The normalized spacial score (nSPS) is 12.4. The zero-order valence-electron chi connectivity index (χ0n) is 19.2. The molecule has 0 amide bonds. The second-order valence-corrected chi connectivity index (χ2v) is 8.68. The van der Waals surface area contributed by atoms with Gasteiger partial charge in [0.05, 0.1) is 0 Å². The number of Topliss-reactive ketones (excluding diaryl/α,β-unsaturated/α-hetero) is 1. The number of ketones is 1. The third kappa shape index (κ3) is 9.35. The van der Waals surface area contributed by atoms with Gasteiger partial charge in [0.25, 0.3) is 0 Å². The standard InChI is InChI=1S/C27H40O/c1-20(2)11-8-12-22(5)13-9-14-23(6)15-10-16-25-19-24(7)17-18-26(25)27(28)21(3)4/h11,13,15,17-19,21H,8-10,12,14,16H2,1-7H3/b22-13+,23-15+. The Kier molecular flexibility index (Phi) is 10.8. The van der Waals surface area contributed by atoms with E-state index in [-0.39, 0.29) is 11.7 Å². The fourth-order valence-corrected chi connectivity index (χ4v) is 3.29. The maximum atomic E-state index is 12.5. The van der Waals surface area contributed by atoms with E-state index in [1.807, 2.05) is 26.0 Å². The Labute approximate surface area is 173 Å². The lowest BCUT2D eigenvalue weighted by molar-refractivity contribution is 0.0938. The van der Waals surface area contributed by atoms with Crippen LogP contribution in [0.25, 0.3) is 0 Å². The SMILES string of the molecule is CC(C)=CCC/C(C)=C/CC/C(C)=C/CCc1cc(C)ccc1C(=O)C(C)C. The van der Waals surface area contributed by atoms with E-state index in [1.165, 1.54) is 27.8 Å². The number of carbonyl (C=O) groups is 1. The molecule has 0 aliphatic carbocycles. The Hall–Kier alpha value is -1.89. The average molecular weight is 381 g/mol. The number of allylic oxidation sites excluding steroid dienone is 6. The molecule has 0 aliphatic rings. The molecule has 28 heavy (non-hydrogen) atoms. The van der Waals surface area contributed by atoms with Gasteiger partial charge >= 0.3 is 0 Å². The fourth-order valence-electron chi connectivity index (χ4n) is 3.29. The van der Waals surface area contributed by atoms with Crippen LogP contribution in [0, 0.1) is 12.8 Å². The highest BCUT2D eigenvalue weighted by Crippen LogP contribution is 2.19. The van der Waals surface area contributed by atoms with Crippen molar-refractivity contribution in [1.29, 1.82) is 0 Å². The number of carbonyl (C=O) groups excluding carboxylic acids is 1. The van der Waals surface area contributed by atoms with Crippen molar-refractivity contribution in [3.05, 3.63) is 69.8 Å². The molecule has 154 valence electrons. The van der Waals surface area contributed by atoms with Crippen molar-refractivity contribution in [2.45, 2.75) is 87.0 Å². The van der Waals surface area contributed by atoms with Gasteiger partial charge in [-0.25, -0.2) is 0 Å². The molecule has 1 heteroatoms. The van der Waals surface area contributed by atoms with Crippen LogP contribution in [0.5, 0.6) is 0 Å². The smallest absolute Gasteiger partial charge is 0.165 e. The molecule has 0 radical (unpaired) electrons. The highest BCUT2D eigenvalue weighted by molar-refractivity contribution is 5.98. The lowest BCUT2D eigenvalue weighted by Gasteiger charge is -2.11. The first-order valence-corrected chi connectivity index (χ1v) is 10.8. The summed E-state index contributed by atoms with van der Waals surface area (Å²) in [4.78, 5) is 12.5. The van der Waals surface area contributed by atoms with Gasteiger partial charge in [0.15, 0.2) is 5.78 Å². The van der Waals surface area contributed by atoms with E-state index in [1.54, 1.807) is 0 Å². The third-order valence-corrected chi connectivity index (χ3v) is 5.08. The number of hydrogen-bond donors (Lipinski definition) is 0. The number of rotatable bonds is 11. The van der Waals surface area contributed by atoms with Gasteiger partial charge in [-0.3, -0.25) is 4.79 Å². The van der Waals surface area contributed by atoms with Crippen LogP contribution in [-0.4, -0.2) is 5.78 Å². The molecular formula is C27H40O. The van der Waals surface area contributed by atoms with Gasteiger partial charge in [0, 0.05) is 11.5 Å². The molecule has 0 aliphatic heterocycles. The summed E-state index contributed by atoms with van der Waals surface area (Å²) in [6.45, 7) is 14.8. The van der Waals surface area contributed by atoms with Crippen LogP contribution in [0.15, 0.2) is 53.1 Å². The first-order chi connectivity index (χ1) is 13.2. The zero-order valence-corrected chi connectivity index (χ0v) is 19.2. The molecule has 0 saturated carbocycles. The van der Waals surface area contributed by atoms with Gasteiger partial charge in [-0.05, 0) is 78.7 Å². The van der Waals surface area contributed by atoms with Crippen LogP contribution < -0.4 is 0 Å². The molecule has 0 heterocycles. The molecule has 1 aromatic carbocycles. The van der Waals surface area contributed by atoms with E-state index in [2.05, 4.69) is 58.9 Å². The van der Waals surface area contributed by atoms with E-state index in [0.29, 0.717) is 0 Å². The Morgan fingerprint density at radius 1 is 0.893 bits per heavy atom. The predicted molar refractivity (Wildman–Crippen MR) is 124 cm³/mol. The van der Waals surface area contributed by atoms with Gasteiger partial charge in [-0.15, -0.1) is 0 Å². The first kappa shape index (κ1) is 24.1. The molecule has 0 unspecified atom stereocenters. The quantitative estimate of drug-likeness (QED) is 0.279. The summed E-state index contributed by atoms with van der Waals surface area (Å²) in [6.07, 6.45) is 13.5. The highest BCUT2D eigenvalue weighted by Gasteiger charge is 2.14. The maximum absolute atomic E-state index is 12.5. The van der Waals surface area contributed by atoms with Crippen LogP contribution >= 0.6 is 0 Å². The predicted octanol–water partition coefficient (Wildman–Crippen LogP) is 8.19. The number of benzene rings is 1. The fraction of sp³-hybridized carbons (Fsp3) is 0.519. The van der Waals surface area contributed by atoms with E-state index >= 15 is 0 Å². The van der Waals surface area contributed by atoms with Crippen LogP contribution in [0.4, 0.5) is 0 Å². The monoisotopic (exact) mass is 380 g/mol. The van der Waals surface area contributed by atoms with Crippen LogP contribution in [-0.2, 0) is 6.42 Å². The van der Waals surface area contributed by atoms with Crippen molar-refractivity contribution in [2.75, 3.05) is 0 Å². The molecule has 0 fully saturated rings. The van der Waals surface area contributed by atoms with Crippen molar-refractivity contribution in [1.82, 2.24) is 0 Å². The van der Waals surface area contributed by atoms with E-state index in [9.17, 15) is 4.79 Å². The minimum Gasteiger partial charge on any atom is -0.294 e. The second-order valence-electron chi connectivity index (χ2n) is 8.68. The molecule has 0 saturated heterocycles. The Balaban J connectivity index is 2.55. The highest BCUT2D eigenvalue weighted by atomic mass is 16.1. The van der Waals surface area contributed by atoms with Gasteiger partial charge in [-0.1, -0.05) is 72.6 Å². The summed E-state index contributed by atoms with van der Waals surface area (Å²) in [7, 11) is 0. The number of hydrogen-bond acceptors (Lipinski definition) is 1. The molecule has 0 aromatic heterocycles. The first-order valence-electron chi connectivity index (χ1n) is 10.8. The summed E-state index contributed by atoms with van der Waals surface area (Å²) in [6, 6.07) is 6.23. The second kappa shape index (κ2) is 12.5. The van der Waals surface area contributed by atoms with E-state index in [4.69, 9.17) is 0 Å². The van der Waals surface area contributed by atoms with Crippen LogP contribution in [0.1, 0.15) is 95.1 Å². The molecule has 0 N–H and O–H groups in total. The molecule has 1 rings (SSSR count). The maximum Gasteiger partial charge on any atom is 0.165 e. The average Bonchev–Trinajstić information content (AvgIpc) is 2.61. The number of aryl methyl sites for hydroxylation is 2. The Morgan fingerprint density at radius 3 is 2.04 bits per heavy atom. The zero-order chi connectivity index (χ0) is 21.1. The van der Waals surface area contributed by atoms with E-state index in [0.717, 1.165) is 44.1 Å². The van der Waals surface area contributed by atoms with Crippen molar-refractivity contribution in [3.63, 3.8) is 0 Å². The summed E-state index contributed by atoms with van der Waals surface area (Å²) < 4.78 is 0. The lowest BCUT2D eigenvalue weighted by atomic mass is 9.92. The minimum atomic E-state index is 0.0468. The summed E-state index contributed by atoms with van der Waals surface area (Å²) >= 11 is 0. The summed E-state index contributed by atoms with van der Waals surface area (Å²) in [5, 5.41) is 0. The van der Waals surface area contributed by atoms with Crippen molar-refractivity contribution in [3.8, 4) is 0 Å². The Morgan fingerprint density at radius 2 is 1.46 bits per heavy atom. The molecule has 0 spiro atoms. The van der Waals surface area contributed by atoms with Crippen molar-refractivity contribution < 1.29 is 4.79 Å². The van der Waals surface area contributed by atoms with Crippen molar-refractivity contribution in [2.24, 2.45) is 5.92 Å². The van der Waals surface area contributed by atoms with Crippen LogP contribution in [0.3, 0.4) is 0 Å². The Bertz CT molecular complexity index is 725. The van der Waals surface area contributed by atoms with E-state index < -0.39 is 0 Å². The largest absolute Gasteiger partial charge is 0.294 e. The topological polar surface area (TPSA) is 17.1 Å². The van der Waals surface area contributed by atoms with Gasteiger partial charge in [0.2, 0.25) is 0 Å². The molecule has 1 aromatic rings. The third-order valence-electron chi connectivity index (χ3n) is 5.08. The summed E-state index contributed by atoms with van der Waals surface area (Å²) in [5.41, 5.74) is 7.65. The molecule has 1 nitrogen and oxygen atoms in total. The van der Waals surface area contributed by atoms with Crippen molar-refractivity contribution >= 4 is 5.78 Å². The molecular weight excluding hydrogens is 340 g/mol. The van der Waals surface area contributed by atoms with Gasteiger partial charge in [0.1, 0.15) is 0 Å². The minimum absolute atomic E-state index is 0.0468. The van der Waals surface area contributed by atoms with Crippen LogP contribution in [0.2, 0.25) is 0 Å². The summed E-state index contributed by atoms with van der Waals surface area (Å²) in [5.74, 6) is 0.301. The molecule has 0 atom stereocenters. The lowest BCUT2D eigenvalue weighted by Crippen LogP contribution is -2.10.